The first kappa shape index (κ1) is 22.7. The molecule has 2 aromatic carbocycles. The fourth-order valence-corrected chi connectivity index (χ4v) is 5.89. The third kappa shape index (κ3) is 4.23. The molecule has 0 fully saturated rings. The maximum atomic E-state index is 13.5. The molecule has 30 heavy (non-hydrogen) atoms. The molecule has 0 aromatic heterocycles. The van der Waals surface area contributed by atoms with Gasteiger partial charge in [-0.2, -0.15) is 4.31 Å². The summed E-state index contributed by atoms with van der Waals surface area (Å²) >= 11 is 12.2. The molecule has 0 saturated carbocycles. The molecule has 0 bridgehead atoms. The van der Waals surface area contributed by atoms with Crippen LogP contribution < -0.4 is 9.47 Å². The molecule has 0 spiro atoms. The van der Waals surface area contributed by atoms with E-state index in [-0.39, 0.29) is 27.9 Å². The number of esters is 1. The first-order valence-corrected chi connectivity index (χ1v) is 11.2. The monoisotopic (exact) mass is 473 g/mol. The van der Waals surface area contributed by atoms with Crippen LogP contribution in [-0.2, 0) is 26.0 Å². The van der Waals surface area contributed by atoms with Gasteiger partial charge in [0.2, 0.25) is 10.0 Å². The van der Waals surface area contributed by atoms with Crippen LogP contribution in [0, 0.1) is 0 Å². The quantitative estimate of drug-likeness (QED) is 0.592. The van der Waals surface area contributed by atoms with E-state index in [1.807, 2.05) is 0 Å². The Balaban J connectivity index is 2.15. The fraction of sp³-hybridized carbons (Fsp3) is 0.350. The van der Waals surface area contributed by atoms with E-state index in [1.165, 1.54) is 43.8 Å². The number of benzene rings is 2. The Labute approximate surface area is 185 Å². The van der Waals surface area contributed by atoms with Crippen molar-refractivity contribution in [2.24, 2.45) is 0 Å². The van der Waals surface area contributed by atoms with Gasteiger partial charge in [0, 0.05) is 11.6 Å². The molecule has 0 amide bonds. The molecule has 0 aliphatic carbocycles. The molecule has 1 aliphatic rings. The molecule has 1 aliphatic heterocycles. The van der Waals surface area contributed by atoms with Gasteiger partial charge in [-0.15, -0.1) is 0 Å². The fourth-order valence-electron chi connectivity index (χ4n) is 3.55. The molecule has 0 radical (unpaired) electrons. The number of sulfonamides is 1. The Hall–Kier alpha value is -2.00. The third-order valence-corrected chi connectivity index (χ3v) is 7.65. The summed E-state index contributed by atoms with van der Waals surface area (Å²) in [5, 5.41) is 0.292. The second-order valence-corrected chi connectivity index (χ2v) is 9.35. The van der Waals surface area contributed by atoms with E-state index >= 15 is 0 Å². The largest absolute Gasteiger partial charge is 0.493 e. The number of nitrogens with zero attached hydrogens (tertiary/aromatic N) is 1. The summed E-state index contributed by atoms with van der Waals surface area (Å²) in [5.74, 6) is 0.424. The zero-order valence-electron chi connectivity index (χ0n) is 16.6. The zero-order valence-corrected chi connectivity index (χ0v) is 19.0. The number of halogens is 2. The molecule has 0 N–H and O–H groups in total. The average Bonchev–Trinajstić information content (AvgIpc) is 2.74. The van der Waals surface area contributed by atoms with Crippen LogP contribution in [0.15, 0.2) is 35.2 Å². The Morgan fingerprint density at radius 2 is 1.77 bits per heavy atom. The summed E-state index contributed by atoms with van der Waals surface area (Å²) in [4.78, 5) is 12.0. The highest BCUT2D eigenvalue weighted by atomic mass is 35.5. The van der Waals surface area contributed by atoms with E-state index < -0.39 is 22.0 Å². The lowest BCUT2D eigenvalue weighted by atomic mass is 9.91. The molecular weight excluding hydrogens is 453 g/mol. The number of rotatable bonds is 6. The highest BCUT2D eigenvalue weighted by molar-refractivity contribution is 7.89. The van der Waals surface area contributed by atoms with Crippen LogP contribution in [0.25, 0.3) is 0 Å². The smallest absolute Gasteiger partial charge is 0.307 e. The SMILES string of the molecule is COC(=O)CC1c2cc(OC)c(OC)cc2CCN1S(=O)(=O)c1cc(Cl)ccc1Cl. The molecule has 10 heteroatoms. The number of carbonyl (C=O) groups is 1. The van der Waals surface area contributed by atoms with Crippen molar-refractivity contribution in [1.82, 2.24) is 4.31 Å². The zero-order chi connectivity index (χ0) is 22.1. The summed E-state index contributed by atoms with van der Waals surface area (Å²) < 4.78 is 43.8. The minimum absolute atomic E-state index is 0.0503. The van der Waals surface area contributed by atoms with Gasteiger partial charge < -0.3 is 14.2 Å². The average molecular weight is 474 g/mol. The van der Waals surface area contributed by atoms with Gasteiger partial charge in [-0.25, -0.2) is 8.42 Å². The molecule has 7 nitrogen and oxygen atoms in total. The second kappa shape index (κ2) is 9.01. The van der Waals surface area contributed by atoms with Gasteiger partial charge in [0.25, 0.3) is 0 Å². The Morgan fingerprint density at radius 1 is 1.10 bits per heavy atom. The van der Waals surface area contributed by atoms with Gasteiger partial charge in [-0.1, -0.05) is 23.2 Å². The van der Waals surface area contributed by atoms with E-state index in [4.69, 9.17) is 37.4 Å². The van der Waals surface area contributed by atoms with Crippen LogP contribution in [0.2, 0.25) is 10.0 Å². The van der Waals surface area contributed by atoms with Crippen LogP contribution >= 0.6 is 23.2 Å². The number of hydrogen-bond donors (Lipinski definition) is 0. The topological polar surface area (TPSA) is 82.1 Å². The van der Waals surface area contributed by atoms with Crippen molar-refractivity contribution >= 4 is 39.2 Å². The highest BCUT2D eigenvalue weighted by Crippen LogP contribution is 2.42. The number of hydrogen-bond acceptors (Lipinski definition) is 6. The standard InChI is InChI=1S/C20H21Cl2NO6S/c1-27-17-8-12-6-7-23(30(25,26)19-9-13(21)4-5-15(19)22)16(11-20(24)29-3)14(12)10-18(17)28-2/h4-5,8-10,16H,6-7,11H2,1-3H3. The molecule has 0 saturated heterocycles. The summed E-state index contributed by atoms with van der Waals surface area (Å²) in [7, 11) is 0.212. The number of fused-ring (bicyclic) bond motifs is 1. The Morgan fingerprint density at radius 3 is 2.40 bits per heavy atom. The predicted octanol–water partition coefficient (Wildman–Crippen LogP) is 3.86. The molecule has 1 heterocycles. The van der Waals surface area contributed by atoms with E-state index in [2.05, 4.69) is 0 Å². The molecule has 1 atom stereocenters. The van der Waals surface area contributed by atoms with E-state index in [9.17, 15) is 13.2 Å². The van der Waals surface area contributed by atoms with Gasteiger partial charge in [0.15, 0.2) is 11.5 Å². The second-order valence-electron chi connectivity index (χ2n) is 6.64. The minimum Gasteiger partial charge on any atom is -0.493 e. The molecular formula is C20H21Cl2NO6S. The summed E-state index contributed by atoms with van der Waals surface area (Å²) in [6.45, 7) is 0.148. The van der Waals surface area contributed by atoms with Crippen LogP contribution in [0.5, 0.6) is 11.5 Å². The summed E-state index contributed by atoms with van der Waals surface area (Å²) in [5.41, 5.74) is 1.51. The Kier molecular flexibility index (Phi) is 6.81. The van der Waals surface area contributed by atoms with E-state index in [1.54, 1.807) is 12.1 Å². The predicted molar refractivity (Wildman–Crippen MR) is 113 cm³/mol. The molecule has 2 aromatic rings. The van der Waals surface area contributed by atoms with Crippen LogP contribution in [0.1, 0.15) is 23.6 Å². The first-order valence-electron chi connectivity index (χ1n) is 9.01. The van der Waals surface area contributed by atoms with Crippen molar-refractivity contribution in [2.45, 2.75) is 23.8 Å². The van der Waals surface area contributed by atoms with Crippen LogP contribution in [0.3, 0.4) is 0 Å². The maximum absolute atomic E-state index is 13.5. The number of carbonyl (C=O) groups excluding carboxylic acids is 1. The van der Waals surface area contributed by atoms with Crippen molar-refractivity contribution in [3.8, 4) is 11.5 Å². The summed E-state index contributed by atoms with van der Waals surface area (Å²) in [6, 6.07) is 6.94. The molecule has 1 unspecified atom stereocenters. The first-order chi connectivity index (χ1) is 14.2. The van der Waals surface area contributed by atoms with Crippen LogP contribution in [0.4, 0.5) is 0 Å². The molecule has 162 valence electrons. The van der Waals surface area contributed by atoms with Crippen molar-refractivity contribution in [1.29, 1.82) is 0 Å². The number of ether oxygens (including phenoxy) is 3. The Bertz CT molecular complexity index is 1070. The van der Waals surface area contributed by atoms with E-state index in [0.717, 1.165) is 5.56 Å². The van der Waals surface area contributed by atoms with E-state index in [0.29, 0.717) is 23.5 Å². The van der Waals surface area contributed by atoms with Crippen molar-refractivity contribution in [2.75, 3.05) is 27.9 Å². The summed E-state index contributed by atoms with van der Waals surface area (Å²) in [6.07, 6.45) is 0.251. The molecule has 3 rings (SSSR count). The van der Waals surface area contributed by atoms with Gasteiger partial charge >= 0.3 is 5.97 Å². The third-order valence-electron chi connectivity index (χ3n) is 5.02. The lowest BCUT2D eigenvalue weighted by Crippen LogP contribution is -2.41. The van der Waals surface area contributed by atoms with Crippen molar-refractivity contribution < 1.29 is 27.4 Å². The van der Waals surface area contributed by atoms with Crippen molar-refractivity contribution in [3.63, 3.8) is 0 Å². The van der Waals surface area contributed by atoms with Crippen LogP contribution in [-0.4, -0.2) is 46.6 Å². The van der Waals surface area contributed by atoms with Gasteiger partial charge in [-0.3, -0.25) is 4.79 Å². The van der Waals surface area contributed by atoms with Gasteiger partial charge in [0.1, 0.15) is 4.90 Å². The highest BCUT2D eigenvalue weighted by Gasteiger charge is 2.39. The lowest BCUT2D eigenvalue weighted by molar-refractivity contribution is -0.141. The van der Waals surface area contributed by atoms with Crippen molar-refractivity contribution in [3.05, 3.63) is 51.5 Å². The minimum atomic E-state index is -4.06. The maximum Gasteiger partial charge on any atom is 0.307 e. The lowest BCUT2D eigenvalue weighted by Gasteiger charge is -2.36. The number of methoxy groups -OCH3 is 3. The van der Waals surface area contributed by atoms with Gasteiger partial charge in [-0.05, 0) is 47.9 Å². The van der Waals surface area contributed by atoms with Gasteiger partial charge in [0.05, 0.1) is 38.8 Å². The normalized spacial score (nSPS) is 16.6.